The maximum atomic E-state index is 4.53. The predicted octanol–water partition coefficient (Wildman–Crippen LogP) is 2.42. The van der Waals surface area contributed by atoms with Gasteiger partial charge in [0.25, 0.3) is 0 Å². The van der Waals surface area contributed by atoms with E-state index in [1.54, 1.807) is 4.90 Å². The van der Waals surface area contributed by atoms with Gasteiger partial charge in [0, 0.05) is 12.1 Å². The van der Waals surface area contributed by atoms with Crippen molar-refractivity contribution in [2.24, 2.45) is 0 Å². The van der Waals surface area contributed by atoms with E-state index in [9.17, 15) is 0 Å². The lowest BCUT2D eigenvalue weighted by atomic mass is 9.95. The largest absolute Gasteiger partial charge is 0.360 e. The third-order valence-electron chi connectivity index (χ3n) is 6.35. The number of benzene rings is 1. The number of quaternary nitrogens is 1. The number of aromatic nitrogens is 4. The highest BCUT2D eigenvalue weighted by molar-refractivity contribution is 5.46. The van der Waals surface area contributed by atoms with Gasteiger partial charge >= 0.3 is 0 Å². The number of tetrazole rings is 1. The van der Waals surface area contributed by atoms with E-state index in [1.165, 1.54) is 44.2 Å². The first-order chi connectivity index (χ1) is 13.4. The first-order valence-corrected chi connectivity index (χ1v) is 10.8. The van der Waals surface area contributed by atoms with Crippen molar-refractivity contribution in [2.45, 2.75) is 64.0 Å². The minimum atomic E-state index is 0.421. The van der Waals surface area contributed by atoms with E-state index in [4.69, 9.17) is 0 Å². The summed E-state index contributed by atoms with van der Waals surface area (Å²) in [6, 6.07) is 11.7. The molecule has 6 heteroatoms. The number of hydrogen-bond donors (Lipinski definition) is 1. The zero-order chi connectivity index (χ0) is 18.5. The lowest BCUT2D eigenvalue weighted by Crippen LogP contribution is -3.15. The molecular weight excluding hydrogens is 336 g/mol. The van der Waals surface area contributed by atoms with Gasteiger partial charge in [0.1, 0.15) is 6.04 Å². The molecule has 2 heterocycles. The summed E-state index contributed by atoms with van der Waals surface area (Å²) in [6.45, 7) is 6.78. The molecule has 2 fully saturated rings. The van der Waals surface area contributed by atoms with Crippen molar-refractivity contribution >= 4 is 5.69 Å². The molecule has 1 aliphatic heterocycles. The van der Waals surface area contributed by atoms with Gasteiger partial charge in [0.15, 0.2) is 0 Å². The van der Waals surface area contributed by atoms with Crippen LogP contribution in [0.4, 0.5) is 5.69 Å². The van der Waals surface area contributed by atoms with Crippen LogP contribution in [-0.2, 0) is 0 Å². The van der Waals surface area contributed by atoms with E-state index in [0.717, 1.165) is 38.4 Å². The van der Waals surface area contributed by atoms with E-state index in [0.29, 0.717) is 12.1 Å². The smallest absolute Gasteiger partial charge is 0.209 e. The van der Waals surface area contributed by atoms with Crippen LogP contribution in [0, 0.1) is 0 Å². The Balaban J connectivity index is 1.47. The summed E-state index contributed by atoms with van der Waals surface area (Å²) in [4.78, 5) is 4.16. The molecule has 2 aromatic rings. The van der Waals surface area contributed by atoms with Gasteiger partial charge in [0.2, 0.25) is 5.82 Å². The second kappa shape index (κ2) is 8.83. The summed E-state index contributed by atoms with van der Waals surface area (Å²) in [5, 5.41) is 13.1. The minimum Gasteiger partial charge on any atom is -0.360 e. The van der Waals surface area contributed by atoms with Gasteiger partial charge in [-0.25, -0.2) is 4.68 Å². The van der Waals surface area contributed by atoms with Crippen molar-refractivity contribution in [3.8, 4) is 0 Å². The summed E-state index contributed by atoms with van der Waals surface area (Å²) in [6.07, 6.45) is 8.78. The minimum absolute atomic E-state index is 0.421. The van der Waals surface area contributed by atoms with Gasteiger partial charge in [-0.3, -0.25) is 0 Å². The Morgan fingerprint density at radius 2 is 1.81 bits per heavy atom. The van der Waals surface area contributed by atoms with Gasteiger partial charge in [0.05, 0.1) is 32.2 Å². The van der Waals surface area contributed by atoms with Crippen molar-refractivity contribution in [1.82, 2.24) is 20.2 Å². The second-order valence-electron chi connectivity index (χ2n) is 8.10. The third-order valence-corrected chi connectivity index (χ3v) is 6.35. The van der Waals surface area contributed by atoms with E-state index >= 15 is 0 Å². The Labute approximate surface area is 162 Å². The topological polar surface area (TPSA) is 51.3 Å². The molecule has 0 bridgehead atoms. The average Bonchev–Trinajstić information content (AvgIpc) is 3.23. The zero-order valence-corrected chi connectivity index (χ0v) is 16.6. The van der Waals surface area contributed by atoms with Gasteiger partial charge in [-0.05, 0) is 35.4 Å². The molecule has 1 aromatic heterocycles. The van der Waals surface area contributed by atoms with Crippen LogP contribution in [0.1, 0.15) is 69.8 Å². The number of nitrogens with one attached hydrogen (secondary N) is 1. The standard InChI is InChI=1S/C21H32N6/c1-2-9-20(21-22-23-24-27(21)19-12-7-4-8-13-19)26-16-14-25(15-17-26)18-10-5-3-6-11-18/h3,5-6,10-11,19-20H,2,4,7-9,12-17H2,1H3/p+1/t20-/m1/s1. The highest BCUT2D eigenvalue weighted by Crippen LogP contribution is 2.29. The molecule has 1 aliphatic carbocycles. The monoisotopic (exact) mass is 369 g/mol. The second-order valence-corrected chi connectivity index (χ2v) is 8.10. The highest BCUT2D eigenvalue weighted by Gasteiger charge is 2.33. The number of hydrogen-bond acceptors (Lipinski definition) is 4. The first-order valence-electron chi connectivity index (χ1n) is 10.8. The van der Waals surface area contributed by atoms with Crippen LogP contribution in [0.15, 0.2) is 30.3 Å². The number of rotatable bonds is 6. The number of anilines is 1. The summed E-state index contributed by atoms with van der Waals surface area (Å²) in [5.74, 6) is 1.13. The molecule has 1 N–H and O–H groups in total. The van der Waals surface area contributed by atoms with Gasteiger partial charge in [-0.2, -0.15) is 0 Å². The lowest BCUT2D eigenvalue weighted by molar-refractivity contribution is -0.933. The maximum Gasteiger partial charge on any atom is 0.209 e. The molecule has 1 saturated heterocycles. The molecule has 27 heavy (non-hydrogen) atoms. The summed E-state index contributed by atoms with van der Waals surface area (Å²) >= 11 is 0. The fraction of sp³-hybridized carbons (Fsp3) is 0.667. The van der Waals surface area contributed by atoms with Crippen molar-refractivity contribution in [3.05, 3.63) is 36.2 Å². The lowest BCUT2D eigenvalue weighted by Gasteiger charge is -2.37. The molecule has 0 spiro atoms. The molecule has 0 unspecified atom stereocenters. The van der Waals surface area contributed by atoms with E-state index in [1.807, 2.05) is 0 Å². The van der Waals surface area contributed by atoms with Crippen LogP contribution in [-0.4, -0.2) is 46.4 Å². The van der Waals surface area contributed by atoms with Crippen molar-refractivity contribution < 1.29 is 4.90 Å². The Hall–Kier alpha value is -1.95. The molecule has 1 aromatic carbocycles. The Bertz CT molecular complexity index is 686. The van der Waals surface area contributed by atoms with Crippen LogP contribution in [0.3, 0.4) is 0 Å². The summed E-state index contributed by atoms with van der Waals surface area (Å²) in [7, 11) is 0. The Kier molecular flexibility index (Phi) is 6.02. The predicted molar refractivity (Wildman–Crippen MR) is 107 cm³/mol. The average molecular weight is 370 g/mol. The van der Waals surface area contributed by atoms with E-state index < -0.39 is 0 Å². The van der Waals surface area contributed by atoms with Crippen LogP contribution in [0.25, 0.3) is 0 Å². The maximum absolute atomic E-state index is 4.53. The van der Waals surface area contributed by atoms with Crippen molar-refractivity contribution in [3.63, 3.8) is 0 Å². The van der Waals surface area contributed by atoms with Crippen LogP contribution in [0.5, 0.6) is 0 Å². The number of piperazine rings is 1. The van der Waals surface area contributed by atoms with Crippen LogP contribution >= 0.6 is 0 Å². The van der Waals surface area contributed by atoms with Crippen LogP contribution < -0.4 is 9.80 Å². The SMILES string of the molecule is CCC[C@H](c1nnnn1C1CCCCC1)[NH+]1CCN(c2ccccc2)CC1. The first kappa shape index (κ1) is 18.4. The van der Waals surface area contributed by atoms with Crippen LogP contribution in [0.2, 0.25) is 0 Å². The van der Waals surface area contributed by atoms with Gasteiger partial charge < -0.3 is 9.80 Å². The van der Waals surface area contributed by atoms with E-state index in [-0.39, 0.29) is 0 Å². The number of nitrogens with zero attached hydrogens (tertiary/aromatic N) is 5. The zero-order valence-electron chi connectivity index (χ0n) is 16.6. The normalized spacial score (nSPS) is 20.7. The fourth-order valence-corrected chi connectivity index (χ4v) is 4.86. The molecule has 1 saturated carbocycles. The quantitative estimate of drug-likeness (QED) is 0.850. The summed E-state index contributed by atoms with van der Waals surface area (Å²) in [5.41, 5.74) is 1.34. The fourth-order valence-electron chi connectivity index (χ4n) is 4.86. The van der Waals surface area contributed by atoms with Crippen molar-refractivity contribution in [1.29, 1.82) is 0 Å². The summed E-state index contributed by atoms with van der Waals surface area (Å²) < 4.78 is 2.19. The molecule has 0 amide bonds. The third kappa shape index (κ3) is 4.15. The molecular formula is C21H33N6+. The van der Waals surface area contributed by atoms with Gasteiger partial charge in [-0.15, -0.1) is 5.10 Å². The molecule has 6 nitrogen and oxygen atoms in total. The van der Waals surface area contributed by atoms with Gasteiger partial charge in [-0.1, -0.05) is 50.8 Å². The Morgan fingerprint density at radius 3 is 2.52 bits per heavy atom. The van der Waals surface area contributed by atoms with Crippen molar-refractivity contribution in [2.75, 3.05) is 31.1 Å². The molecule has 2 aliphatic rings. The molecule has 4 rings (SSSR count). The highest BCUT2D eigenvalue weighted by atomic mass is 15.6. The Morgan fingerprint density at radius 1 is 1.07 bits per heavy atom. The molecule has 146 valence electrons. The molecule has 0 radical (unpaired) electrons. The number of para-hydroxylation sites is 1. The van der Waals surface area contributed by atoms with E-state index in [2.05, 4.69) is 62.4 Å². The molecule has 1 atom stereocenters.